The number of hydrogen-bond donors (Lipinski definition) is 5. The standard InChI is InChI=1S/C33H56N2O6/c1-18(2)28(30(39)35-29(20(4)36)31(40)41)34-27(38)12-7-19(3)24-10-11-25-23-9-8-21-17-22(37)13-15-32(21,5)26(23)14-16-33(24,25)6/h18-26,28-29,36-37H,7-17H2,1-6H3,(H,34,38)(H,35,39)(H,40,41)/t19?,20-,21+,22+,23-,24+,25-,26-,28?,29-,32-,33+/m0/s1. The van der Waals surface area contributed by atoms with Crippen molar-refractivity contribution in [2.75, 3.05) is 0 Å². The second-order valence-electron chi connectivity index (χ2n) is 15.2. The molecule has 2 unspecified atom stereocenters. The van der Waals surface area contributed by atoms with Crippen molar-refractivity contribution in [1.82, 2.24) is 10.6 Å². The Labute approximate surface area is 246 Å². The van der Waals surface area contributed by atoms with Crippen molar-refractivity contribution in [3.05, 3.63) is 0 Å². The lowest BCUT2D eigenvalue weighted by atomic mass is 9.44. The number of amides is 2. The molecule has 4 saturated carbocycles. The molecule has 234 valence electrons. The summed E-state index contributed by atoms with van der Waals surface area (Å²) in [6.07, 6.45) is 10.5. The van der Waals surface area contributed by atoms with Crippen LogP contribution in [0.2, 0.25) is 0 Å². The van der Waals surface area contributed by atoms with E-state index in [-0.39, 0.29) is 17.9 Å². The molecule has 4 aliphatic carbocycles. The van der Waals surface area contributed by atoms with E-state index in [0.29, 0.717) is 35.0 Å². The lowest BCUT2D eigenvalue weighted by Gasteiger charge is -2.61. The Morgan fingerprint density at radius 1 is 0.854 bits per heavy atom. The van der Waals surface area contributed by atoms with Crippen LogP contribution in [-0.4, -0.2) is 57.4 Å². The highest BCUT2D eigenvalue weighted by atomic mass is 16.4. The van der Waals surface area contributed by atoms with Crippen molar-refractivity contribution in [3.8, 4) is 0 Å². The number of carbonyl (C=O) groups is 3. The van der Waals surface area contributed by atoms with Gasteiger partial charge in [0.05, 0.1) is 12.2 Å². The van der Waals surface area contributed by atoms with Crippen LogP contribution in [0.15, 0.2) is 0 Å². The van der Waals surface area contributed by atoms with Gasteiger partial charge >= 0.3 is 5.97 Å². The number of hydrogen-bond acceptors (Lipinski definition) is 5. The van der Waals surface area contributed by atoms with E-state index >= 15 is 0 Å². The van der Waals surface area contributed by atoms with E-state index < -0.39 is 30.1 Å². The molecular weight excluding hydrogens is 520 g/mol. The summed E-state index contributed by atoms with van der Waals surface area (Å²) in [5.74, 6) is 1.66. The van der Waals surface area contributed by atoms with E-state index in [1.807, 2.05) is 13.8 Å². The largest absolute Gasteiger partial charge is 0.480 e. The SMILES string of the molecule is CC(C)C(NC(=O)CCC(C)[C@H]1CC[C@H]2[C@@H]3CC[C@@H]4C[C@H](O)CC[C@]4(C)[C@H]3CC[C@]12C)C(=O)N[C@H](C(=O)O)[C@H](C)O. The van der Waals surface area contributed by atoms with E-state index in [0.717, 1.165) is 37.0 Å². The minimum Gasteiger partial charge on any atom is -0.480 e. The maximum Gasteiger partial charge on any atom is 0.328 e. The van der Waals surface area contributed by atoms with Crippen LogP contribution in [0.4, 0.5) is 0 Å². The highest BCUT2D eigenvalue weighted by Gasteiger charge is 2.60. The Balaban J connectivity index is 1.34. The minimum absolute atomic E-state index is 0.108. The number of aliphatic hydroxyl groups is 2. The lowest BCUT2D eigenvalue weighted by molar-refractivity contribution is -0.145. The molecule has 8 nitrogen and oxygen atoms in total. The first-order valence-corrected chi connectivity index (χ1v) is 16.4. The third kappa shape index (κ3) is 6.34. The van der Waals surface area contributed by atoms with Crippen molar-refractivity contribution in [2.24, 2.45) is 52.3 Å². The van der Waals surface area contributed by atoms with Crippen molar-refractivity contribution < 1.29 is 29.7 Å². The summed E-state index contributed by atoms with van der Waals surface area (Å²) in [6.45, 7) is 12.3. The Hall–Kier alpha value is -1.67. The second-order valence-corrected chi connectivity index (χ2v) is 15.2. The first kappa shape index (κ1) is 32.2. The molecule has 0 radical (unpaired) electrons. The number of carbonyl (C=O) groups excluding carboxylic acids is 2. The van der Waals surface area contributed by atoms with E-state index in [1.165, 1.54) is 51.9 Å². The predicted molar refractivity (Wildman–Crippen MR) is 158 cm³/mol. The van der Waals surface area contributed by atoms with E-state index in [2.05, 4.69) is 31.4 Å². The van der Waals surface area contributed by atoms with Crippen molar-refractivity contribution in [2.45, 2.75) is 136 Å². The van der Waals surface area contributed by atoms with Gasteiger partial charge in [0.1, 0.15) is 6.04 Å². The van der Waals surface area contributed by atoms with E-state index in [1.54, 1.807) is 0 Å². The quantitative estimate of drug-likeness (QED) is 0.260. The fourth-order valence-corrected chi connectivity index (χ4v) is 10.2. The molecule has 0 bridgehead atoms. The second kappa shape index (κ2) is 12.5. The Bertz CT molecular complexity index is 969. The number of carboxylic acid groups (broad SMARTS) is 1. The van der Waals surface area contributed by atoms with Crippen LogP contribution < -0.4 is 10.6 Å². The van der Waals surface area contributed by atoms with Gasteiger partial charge in [-0.1, -0.05) is 34.6 Å². The van der Waals surface area contributed by atoms with Crippen LogP contribution in [0.5, 0.6) is 0 Å². The molecule has 0 heterocycles. The fourth-order valence-electron chi connectivity index (χ4n) is 10.2. The number of nitrogens with one attached hydrogen (secondary N) is 2. The van der Waals surface area contributed by atoms with Crippen molar-refractivity contribution in [1.29, 1.82) is 0 Å². The van der Waals surface area contributed by atoms with E-state index in [4.69, 9.17) is 0 Å². The highest BCUT2D eigenvalue weighted by molar-refractivity contribution is 5.90. The molecule has 2 amide bonds. The molecule has 0 aromatic carbocycles. The topological polar surface area (TPSA) is 136 Å². The van der Waals surface area contributed by atoms with Crippen molar-refractivity contribution in [3.63, 3.8) is 0 Å². The number of aliphatic hydroxyl groups excluding tert-OH is 2. The third-order valence-corrected chi connectivity index (χ3v) is 12.5. The summed E-state index contributed by atoms with van der Waals surface area (Å²) in [5.41, 5.74) is 0.686. The molecule has 4 aliphatic rings. The first-order valence-electron chi connectivity index (χ1n) is 16.4. The Morgan fingerprint density at radius 2 is 1.51 bits per heavy atom. The molecule has 8 heteroatoms. The third-order valence-electron chi connectivity index (χ3n) is 12.5. The van der Waals surface area contributed by atoms with Gasteiger partial charge in [-0.3, -0.25) is 9.59 Å². The van der Waals surface area contributed by atoms with Gasteiger partial charge in [0.2, 0.25) is 11.8 Å². The smallest absolute Gasteiger partial charge is 0.328 e. The van der Waals surface area contributed by atoms with Gasteiger partial charge in [0.25, 0.3) is 0 Å². The monoisotopic (exact) mass is 576 g/mol. The van der Waals surface area contributed by atoms with Crippen LogP contribution in [0.3, 0.4) is 0 Å². The molecule has 0 saturated heterocycles. The minimum atomic E-state index is -1.42. The molecule has 4 rings (SSSR count). The summed E-state index contributed by atoms with van der Waals surface area (Å²) in [7, 11) is 0. The zero-order chi connectivity index (χ0) is 30.3. The summed E-state index contributed by atoms with van der Waals surface area (Å²) < 4.78 is 0. The van der Waals surface area contributed by atoms with Gasteiger partial charge in [-0.15, -0.1) is 0 Å². The molecular formula is C33H56N2O6. The fraction of sp³-hybridized carbons (Fsp3) is 0.909. The Kier molecular flexibility index (Phi) is 9.84. The van der Waals surface area contributed by atoms with Crippen LogP contribution in [0.25, 0.3) is 0 Å². The van der Waals surface area contributed by atoms with Crippen LogP contribution in [0, 0.1) is 52.3 Å². The molecule has 5 N–H and O–H groups in total. The van der Waals surface area contributed by atoms with Crippen LogP contribution in [-0.2, 0) is 14.4 Å². The molecule has 41 heavy (non-hydrogen) atoms. The number of fused-ring (bicyclic) bond motifs is 5. The normalized spacial score (nSPS) is 39.4. The van der Waals surface area contributed by atoms with Gasteiger partial charge in [0.15, 0.2) is 6.04 Å². The first-order chi connectivity index (χ1) is 19.2. The average Bonchev–Trinajstić information content (AvgIpc) is 3.26. The summed E-state index contributed by atoms with van der Waals surface area (Å²) in [4.78, 5) is 37.2. The summed E-state index contributed by atoms with van der Waals surface area (Å²) in [6, 6.07) is -2.28. The van der Waals surface area contributed by atoms with Crippen molar-refractivity contribution >= 4 is 17.8 Å². The van der Waals surface area contributed by atoms with Gasteiger partial charge in [-0.2, -0.15) is 0 Å². The average molecular weight is 577 g/mol. The number of carboxylic acids is 1. The zero-order valence-corrected chi connectivity index (χ0v) is 26.2. The molecule has 4 fully saturated rings. The number of rotatable bonds is 10. The molecule has 0 spiro atoms. The van der Waals surface area contributed by atoms with Gasteiger partial charge < -0.3 is 26.0 Å². The van der Waals surface area contributed by atoms with Gasteiger partial charge in [0, 0.05) is 6.42 Å². The summed E-state index contributed by atoms with van der Waals surface area (Å²) in [5, 5.41) is 34.6. The van der Waals surface area contributed by atoms with E-state index in [9.17, 15) is 29.7 Å². The maximum atomic E-state index is 13.0. The lowest BCUT2D eigenvalue weighted by Crippen LogP contribution is -2.56. The molecule has 0 aromatic heterocycles. The molecule has 0 aromatic rings. The highest BCUT2D eigenvalue weighted by Crippen LogP contribution is 2.68. The van der Waals surface area contributed by atoms with Crippen LogP contribution in [0.1, 0.15) is 112 Å². The maximum absolute atomic E-state index is 13.0. The zero-order valence-electron chi connectivity index (χ0n) is 26.2. The number of aliphatic carboxylic acids is 1. The summed E-state index contributed by atoms with van der Waals surface area (Å²) >= 11 is 0. The van der Waals surface area contributed by atoms with Gasteiger partial charge in [-0.05, 0) is 123 Å². The predicted octanol–water partition coefficient (Wildman–Crippen LogP) is 4.51. The Morgan fingerprint density at radius 3 is 2.15 bits per heavy atom. The molecule has 12 atom stereocenters. The van der Waals surface area contributed by atoms with Crippen LogP contribution >= 0.6 is 0 Å². The van der Waals surface area contributed by atoms with Gasteiger partial charge in [-0.25, -0.2) is 4.79 Å². The molecule has 0 aliphatic heterocycles.